The van der Waals surface area contributed by atoms with Crippen molar-refractivity contribution in [1.29, 1.82) is 0 Å². The van der Waals surface area contributed by atoms with Crippen LogP contribution in [0.4, 0.5) is 13.2 Å². The smallest absolute Gasteiger partial charge is 0.346 e. The fraction of sp³-hybridized carbons (Fsp3) is 0.923. The highest BCUT2D eigenvalue weighted by atomic mass is 19.4. The van der Waals surface area contributed by atoms with Gasteiger partial charge in [-0.3, -0.25) is 4.79 Å². The maximum Gasteiger partial charge on any atom is 0.405 e. The second-order valence-electron chi connectivity index (χ2n) is 5.48. The van der Waals surface area contributed by atoms with Crippen LogP contribution in [0.25, 0.3) is 0 Å². The number of carbonyl (C=O) groups is 1. The number of hydrogen-bond donors (Lipinski definition) is 2. The molecule has 3 nitrogen and oxygen atoms in total. The molecule has 112 valence electrons. The van der Waals surface area contributed by atoms with E-state index in [9.17, 15) is 18.0 Å². The topological polar surface area (TPSA) is 41.1 Å². The van der Waals surface area contributed by atoms with Gasteiger partial charge in [0, 0.05) is 0 Å². The Morgan fingerprint density at radius 1 is 1.21 bits per heavy atom. The molecule has 0 aromatic rings. The van der Waals surface area contributed by atoms with E-state index in [4.69, 9.17) is 0 Å². The van der Waals surface area contributed by atoms with E-state index in [-0.39, 0.29) is 6.54 Å². The molecule has 1 rings (SSSR count). The maximum atomic E-state index is 11.8. The van der Waals surface area contributed by atoms with Gasteiger partial charge in [-0.25, -0.2) is 0 Å². The predicted molar refractivity (Wildman–Crippen MR) is 67.7 cm³/mol. The van der Waals surface area contributed by atoms with Crippen LogP contribution in [0.5, 0.6) is 0 Å². The van der Waals surface area contributed by atoms with Crippen LogP contribution >= 0.6 is 0 Å². The van der Waals surface area contributed by atoms with Crippen LogP contribution in [-0.2, 0) is 4.79 Å². The van der Waals surface area contributed by atoms with Crippen molar-refractivity contribution in [3.8, 4) is 0 Å². The molecular weight excluding hydrogens is 257 g/mol. The lowest BCUT2D eigenvalue weighted by Gasteiger charge is -2.26. The first kappa shape index (κ1) is 16.3. The number of carbonyl (C=O) groups excluding carboxylic acids is 1. The summed E-state index contributed by atoms with van der Waals surface area (Å²) in [5.74, 6) is 0.911. The van der Waals surface area contributed by atoms with Crippen LogP contribution in [0.15, 0.2) is 0 Å². The van der Waals surface area contributed by atoms with E-state index < -0.39 is 18.6 Å². The van der Waals surface area contributed by atoms with Crippen molar-refractivity contribution in [3.05, 3.63) is 0 Å². The first-order valence-electron chi connectivity index (χ1n) is 6.91. The van der Waals surface area contributed by atoms with E-state index in [2.05, 4.69) is 12.2 Å². The minimum atomic E-state index is -4.34. The van der Waals surface area contributed by atoms with Crippen LogP contribution in [0.2, 0.25) is 0 Å². The highest BCUT2D eigenvalue weighted by molar-refractivity contribution is 5.77. The molecule has 0 aliphatic heterocycles. The second-order valence-corrected chi connectivity index (χ2v) is 5.48. The second kappa shape index (κ2) is 7.72. The predicted octanol–water partition coefficient (Wildman–Crippen LogP) is 2.47. The number of hydrogen-bond acceptors (Lipinski definition) is 2. The SMILES string of the molecule is CC1CCC(CCNCC(=O)NCC(F)(F)F)CC1. The average molecular weight is 280 g/mol. The van der Waals surface area contributed by atoms with Gasteiger partial charge < -0.3 is 10.6 Å². The Hall–Kier alpha value is -0.780. The van der Waals surface area contributed by atoms with Crippen LogP contribution < -0.4 is 10.6 Å². The summed E-state index contributed by atoms with van der Waals surface area (Å²) < 4.78 is 35.5. The van der Waals surface area contributed by atoms with Crippen molar-refractivity contribution >= 4 is 5.91 Å². The van der Waals surface area contributed by atoms with Crippen LogP contribution in [0, 0.1) is 11.8 Å². The molecule has 19 heavy (non-hydrogen) atoms. The molecule has 0 heterocycles. The van der Waals surface area contributed by atoms with Crippen LogP contribution in [0.3, 0.4) is 0 Å². The van der Waals surface area contributed by atoms with Crippen LogP contribution in [-0.4, -0.2) is 31.7 Å². The van der Waals surface area contributed by atoms with Gasteiger partial charge in [0.25, 0.3) is 0 Å². The molecule has 0 atom stereocenters. The molecule has 0 bridgehead atoms. The van der Waals surface area contributed by atoms with Gasteiger partial charge in [-0.1, -0.05) is 32.6 Å². The fourth-order valence-corrected chi connectivity index (χ4v) is 2.39. The van der Waals surface area contributed by atoms with Gasteiger partial charge in [-0.05, 0) is 24.8 Å². The molecule has 1 saturated carbocycles. The largest absolute Gasteiger partial charge is 0.405 e. The minimum Gasteiger partial charge on any atom is -0.346 e. The van der Waals surface area contributed by atoms with Gasteiger partial charge >= 0.3 is 6.18 Å². The first-order valence-corrected chi connectivity index (χ1v) is 6.91. The summed E-state index contributed by atoms with van der Waals surface area (Å²) in [5.41, 5.74) is 0. The van der Waals surface area contributed by atoms with Crippen molar-refractivity contribution in [3.63, 3.8) is 0 Å². The van der Waals surface area contributed by atoms with Crippen molar-refractivity contribution < 1.29 is 18.0 Å². The van der Waals surface area contributed by atoms with Crippen LogP contribution in [0.1, 0.15) is 39.0 Å². The van der Waals surface area contributed by atoms with Crippen molar-refractivity contribution in [2.75, 3.05) is 19.6 Å². The molecule has 0 spiro atoms. The number of amides is 1. The van der Waals surface area contributed by atoms with Gasteiger partial charge in [0.2, 0.25) is 5.91 Å². The Balaban J connectivity index is 2.00. The zero-order valence-electron chi connectivity index (χ0n) is 11.4. The van der Waals surface area contributed by atoms with Gasteiger partial charge in [0.15, 0.2) is 0 Å². The van der Waals surface area contributed by atoms with Gasteiger partial charge in [0.05, 0.1) is 6.54 Å². The normalized spacial score (nSPS) is 24.2. The summed E-state index contributed by atoms with van der Waals surface area (Å²) in [4.78, 5) is 11.1. The third-order valence-corrected chi connectivity index (χ3v) is 3.64. The number of nitrogens with one attached hydrogen (secondary N) is 2. The van der Waals surface area contributed by atoms with E-state index in [1.807, 2.05) is 5.32 Å². The quantitative estimate of drug-likeness (QED) is 0.734. The standard InChI is InChI=1S/C13H23F3N2O/c1-10-2-4-11(5-3-10)6-7-17-8-12(19)18-9-13(14,15)16/h10-11,17H,2-9H2,1H3,(H,18,19). The summed E-state index contributed by atoms with van der Waals surface area (Å²) in [6.45, 7) is 1.66. The lowest BCUT2D eigenvalue weighted by atomic mass is 9.81. The Labute approximate surface area is 112 Å². The van der Waals surface area contributed by atoms with Gasteiger partial charge in [0.1, 0.15) is 6.54 Å². The molecule has 0 radical (unpaired) electrons. The van der Waals surface area contributed by atoms with E-state index in [1.165, 1.54) is 25.7 Å². The molecule has 6 heteroatoms. The molecule has 0 saturated heterocycles. The molecule has 1 aliphatic carbocycles. The third kappa shape index (κ3) is 8.08. The average Bonchev–Trinajstić information content (AvgIpc) is 2.33. The van der Waals surface area contributed by atoms with Gasteiger partial charge in [-0.15, -0.1) is 0 Å². The molecule has 1 aliphatic rings. The fourth-order valence-electron chi connectivity index (χ4n) is 2.39. The minimum absolute atomic E-state index is 0.0425. The van der Waals surface area contributed by atoms with E-state index in [0.29, 0.717) is 12.5 Å². The van der Waals surface area contributed by atoms with E-state index in [1.54, 1.807) is 0 Å². The van der Waals surface area contributed by atoms with E-state index >= 15 is 0 Å². The molecule has 0 aromatic carbocycles. The third-order valence-electron chi connectivity index (χ3n) is 3.64. The van der Waals surface area contributed by atoms with Crippen molar-refractivity contribution in [2.45, 2.75) is 45.2 Å². The number of rotatable bonds is 6. The molecule has 1 amide bonds. The summed E-state index contributed by atoms with van der Waals surface area (Å²) >= 11 is 0. The molecule has 0 unspecified atom stereocenters. The lowest BCUT2D eigenvalue weighted by molar-refractivity contribution is -0.137. The summed E-state index contributed by atoms with van der Waals surface area (Å²) in [6, 6.07) is 0. The molecule has 1 fully saturated rings. The molecule has 2 N–H and O–H groups in total. The van der Waals surface area contributed by atoms with Crippen molar-refractivity contribution in [1.82, 2.24) is 10.6 Å². The maximum absolute atomic E-state index is 11.8. The van der Waals surface area contributed by atoms with E-state index in [0.717, 1.165) is 12.3 Å². The Morgan fingerprint density at radius 2 is 1.84 bits per heavy atom. The summed E-state index contributed by atoms with van der Waals surface area (Å²) in [6.07, 6.45) is 1.63. The van der Waals surface area contributed by atoms with Crippen molar-refractivity contribution in [2.24, 2.45) is 11.8 Å². The highest BCUT2D eigenvalue weighted by Gasteiger charge is 2.27. The number of halogens is 3. The highest BCUT2D eigenvalue weighted by Crippen LogP contribution is 2.29. The molecular formula is C13H23F3N2O. The molecule has 0 aromatic heterocycles. The summed E-state index contributed by atoms with van der Waals surface area (Å²) in [5, 5.41) is 4.74. The lowest BCUT2D eigenvalue weighted by Crippen LogP contribution is -2.39. The Bertz CT molecular complexity index is 274. The Morgan fingerprint density at radius 3 is 2.42 bits per heavy atom. The first-order chi connectivity index (χ1) is 8.87. The van der Waals surface area contributed by atoms with Gasteiger partial charge in [-0.2, -0.15) is 13.2 Å². The summed E-state index contributed by atoms with van der Waals surface area (Å²) in [7, 11) is 0. The monoisotopic (exact) mass is 280 g/mol. The zero-order valence-corrected chi connectivity index (χ0v) is 11.4. The number of alkyl halides is 3. The Kier molecular flexibility index (Phi) is 6.62. The zero-order chi connectivity index (χ0) is 14.3.